The summed E-state index contributed by atoms with van der Waals surface area (Å²) in [7, 11) is 4.44. The summed E-state index contributed by atoms with van der Waals surface area (Å²) in [5.74, 6) is 0.903. The van der Waals surface area contributed by atoms with E-state index in [1.54, 1.807) is 12.1 Å². The maximum Gasteiger partial charge on any atom is 0.232 e. The molecule has 2 rings (SSSR count). The molecule has 0 saturated heterocycles. The monoisotopic (exact) mass is 278 g/mol. The van der Waals surface area contributed by atoms with Crippen molar-refractivity contribution in [1.82, 2.24) is 0 Å². The first kappa shape index (κ1) is 13.4. The van der Waals surface area contributed by atoms with Gasteiger partial charge in [-0.15, -0.1) is 0 Å². The van der Waals surface area contributed by atoms with Gasteiger partial charge in [-0.05, 0) is 34.5 Å². The Morgan fingerprint density at radius 1 is 0.947 bits per heavy atom. The van der Waals surface area contributed by atoms with Gasteiger partial charge in [0.2, 0.25) is 16.9 Å². The van der Waals surface area contributed by atoms with Gasteiger partial charge in [-0.3, -0.25) is 4.79 Å². The molecule has 0 N–H and O–H groups in total. The van der Waals surface area contributed by atoms with E-state index in [2.05, 4.69) is 0 Å². The minimum atomic E-state index is -0.221. The van der Waals surface area contributed by atoms with Crippen LogP contribution in [-0.4, -0.2) is 21.3 Å². The predicted molar refractivity (Wildman–Crippen MR) is 75.7 cm³/mol. The van der Waals surface area contributed by atoms with Crippen molar-refractivity contribution in [2.45, 2.75) is 0 Å². The molecule has 1 aromatic carbocycles. The van der Waals surface area contributed by atoms with E-state index in [1.165, 1.54) is 32.7 Å². The molecule has 5 heteroatoms. The first-order valence-electron chi connectivity index (χ1n) is 5.58. The Kier molecular flexibility index (Phi) is 4.06. The minimum absolute atomic E-state index is 0.144. The van der Waals surface area contributed by atoms with E-state index in [-0.39, 0.29) is 11.2 Å². The second-order valence-electron chi connectivity index (χ2n) is 3.72. The van der Waals surface area contributed by atoms with Crippen LogP contribution in [0.2, 0.25) is 0 Å². The molecule has 19 heavy (non-hydrogen) atoms. The van der Waals surface area contributed by atoms with E-state index >= 15 is 0 Å². The topological polar surface area (TPSA) is 44.8 Å². The Morgan fingerprint density at radius 2 is 1.68 bits per heavy atom. The van der Waals surface area contributed by atoms with Crippen LogP contribution in [0.25, 0.3) is 11.1 Å². The maximum atomic E-state index is 12.5. The van der Waals surface area contributed by atoms with E-state index in [0.29, 0.717) is 17.1 Å². The van der Waals surface area contributed by atoms with Gasteiger partial charge in [0.15, 0.2) is 5.75 Å². The Labute approximate surface area is 115 Å². The summed E-state index contributed by atoms with van der Waals surface area (Å²) in [5.41, 5.74) is 1.19. The van der Waals surface area contributed by atoms with Crippen LogP contribution in [0.5, 0.6) is 17.2 Å². The van der Waals surface area contributed by atoms with Crippen LogP contribution in [0.3, 0.4) is 0 Å². The van der Waals surface area contributed by atoms with Crippen molar-refractivity contribution in [2.75, 3.05) is 21.3 Å². The number of methoxy groups -OCH3 is 3. The van der Waals surface area contributed by atoms with Crippen molar-refractivity contribution in [1.29, 1.82) is 0 Å². The van der Waals surface area contributed by atoms with Crippen molar-refractivity contribution in [3.8, 4) is 28.4 Å². The van der Waals surface area contributed by atoms with Crippen LogP contribution in [0.1, 0.15) is 0 Å². The highest BCUT2D eigenvalue weighted by atomic mass is 32.1. The number of rotatable bonds is 4. The minimum Gasteiger partial charge on any atom is -0.493 e. The second-order valence-corrected chi connectivity index (χ2v) is 4.50. The average Bonchev–Trinajstić information content (AvgIpc) is 2.90. The fourth-order valence-corrected chi connectivity index (χ4v) is 2.49. The molecule has 2 aromatic rings. The van der Waals surface area contributed by atoms with Crippen molar-refractivity contribution in [3.63, 3.8) is 0 Å². The lowest BCUT2D eigenvalue weighted by molar-refractivity contribution is 0.325. The maximum absolute atomic E-state index is 12.5. The average molecular weight is 278 g/mol. The van der Waals surface area contributed by atoms with Gasteiger partial charge in [-0.1, -0.05) is 0 Å². The fourth-order valence-electron chi connectivity index (χ4n) is 1.83. The molecular weight excluding hydrogens is 264 g/mol. The first-order chi connectivity index (χ1) is 9.22. The number of hydrogen-bond acceptors (Lipinski definition) is 5. The quantitative estimate of drug-likeness (QED) is 0.862. The lowest BCUT2D eigenvalue weighted by atomic mass is 10.1. The van der Waals surface area contributed by atoms with Gasteiger partial charge >= 0.3 is 0 Å². The van der Waals surface area contributed by atoms with Gasteiger partial charge in [-0.25, -0.2) is 0 Å². The molecule has 0 atom stereocenters. The largest absolute Gasteiger partial charge is 0.493 e. The molecule has 0 aliphatic carbocycles. The zero-order valence-corrected chi connectivity index (χ0v) is 11.7. The van der Waals surface area contributed by atoms with Crippen molar-refractivity contribution < 1.29 is 14.2 Å². The summed E-state index contributed by atoms with van der Waals surface area (Å²) in [5, 5.41) is 3.83. The molecule has 1 heterocycles. The molecule has 0 aliphatic heterocycles. The molecule has 0 fully saturated rings. The summed E-state index contributed by atoms with van der Waals surface area (Å²) in [6.45, 7) is 0. The van der Waals surface area contributed by atoms with Gasteiger partial charge < -0.3 is 14.2 Å². The number of hydrogen-bond donors (Lipinski definition) is 0. The summed E-state index contributed by atoms with van der Waals surface area (Å²) in [6.07, 6.45) is 0. The molecule has 0 bridgehead atoms. The van der Waals surface area contributed by atoms with Crippen molar-refractivity contribution >= 4 is 11.3 Å². The molecule has 100 valence electrons. The molecule has 0 spiro atoms. The number of thiophene rings is 1. The van der Waals surface area contributed by atoms with Crippen LogP contribution in [-0.2, 0) is 0 Å². The summed E-state index contributed by atoms with van der Waals surface area (Å²) >= 11 is 1.53. The van der Waals surface area contributed by atoms with E-state index in [4.69, 9.17) is 14.2 Å². The standard InChI is InChI=1S/C14H14O4S/c1-16-11-5-4-10(9-6-7-19-8-9)12(15)14(18-3)13(11)17-2/h4-8H,1-3H3. The van der Waals surface area contributed by atoms with Gasteiger partial charge in [0.05, 0.1) is 21.3 Å². The Balaban J connectivity index is 2.80. The van der Waals surface area contributed by atoms with Crippen molar-refractivity contribution in [2.24, 2.45) is 0 Å². The lowest BCUT2D eigenvalue weighted by Gasteiger charge is -2.07. The van der Waals surface area contributed by atoms with Crippen LogP contribution in [0.4, 0.5) is 0 Å². The zero-order valence-electron chi connectivity index (χ0n) is 10.9. The Bertz CT molecular complexity index is 620. The summed E-state index contributed by atoms with van der Waals surface area (Å²) in [4.78, 5) is 12.5. The third kappa shape index (κ3) is 2.42. The van der Waals surface area contributed by atoms with Crippen LogP contribution >= 0.6 is 11.3 Å². The predicted octanol–water partition coefficient (Wildman–Crippen LogP) is 2.80. The number of ether oxygens (including phenoxy) is 3. The molecular formula is C14H14O4S. The molecule has 0 radical (unpaired) electrons. The van der Waals surface area contributed by atoms with Gasteiger partial charge in [0, 0.05) is 5.56 Å². The summed E-state index contributed by atoms with van der Waals surface area (Å²) in [6, 6.07) is 5.31. The van der Waals surface area contributed by atoms with E-state index in [1.807, 2.05) is 16.8 Å². The van der Waals surface area contributed by atoms with Crippen LogP contribution in [0, 0.1) is 0 Å². The first-order valence-corrected chi connectivity index (χ1v) is 6.53. The third-order valence-corrected chi connectivity index (χ3v) is 3.43. The Hall–Kier alpha value is -2.01. The molecule has 0 saturated carbocycles. The normalized spacial score (nSPS) is 10.1. The molecule has 4 nitrogen and oxygen atoms in total. The van der Waals surface area contributed by atoms with Gasteiger partial charge in [0.25, 0.3) is 0 Å². The van der Waals surface area contributed by atoms with Crippen LogP contribution < -0.4 is 19.6 Å². The highest BCUT2D eigenvalue weighted by Crippen LogP contribution is 2.34. The lowest BCUT2D eigenvalue weighted by Crippen LogP contribution is -2.06. The third-order valence-electron chi connectivity index (χ3n) is 2.74. The van der Waals surface area contributed by atoms with Crippen LogP contribution in [0.15, 0.2) is 33.8 Å². The Morgan fingerprint density at radius 3 is 2.21 bits per heavy atom. The fraction of sp³-hybridized carbons (Fsp3) is 0.214. The molecule has 1 aromatic heterocycles. The van der Waals surface area contributed by atoms with E-state index in [0.717, 1.165) is 5.56 Å². The van der Waals surface area contributed by atoms with Gasteiger partial charge in [-0.2, -0.15) is 11.3 Å². The highest BCUT2D eigenvalue weighted by Gasteiger charge is 2.16. The zero-order chi connectivity index (χ0) is 13.8. The molecule has 0 amide bonds. The van der Waals surface area contributed by atoms with E-state index < -0.39 is 0 Å². The SMILES string of the molecule is COc1ccc(-c2ccsc2)c(=O)c(OC)c1OC. The van der Waals surface area contributed by atoms with Gasteiger partial charge in [0.1, 0.15) is 0 Å². The molecule has 0 aliphatic rings. The van der Waals surface area contributed by atoms with E-state index in [9.17, 15) is 4.79 Å². The molecule has 0 unspecified atom stereocenters. The highest BCUT2D eigenvalue weighted by molar-refractivity contribution is 7.08. The van der Waals surface area contributed by atoms with Crippen molar-refractivity contribution in [3.05, 3.63) is 39.2 Å². The second kappa shape index (κ2) is 5.75. The summed E-state index contributed by atoms with van der Waals surface area (Å²) < 4.78 is 15.6. The smallest absolute Gasteiger partial charge is 0.232 e.